The molecule has 0 fully saturated rings. The van der Waals surface area contributed by atoms with E-state index in [1.165, 1.54) is 21.6 Å². The standard InChI is InChI=1S/C18H23NS/c1-14-9-10-15(2)16(11-14)12-17(19-3)13-20-18-7-5-4-6-8-18/h4-11,17,19H,12-13H2,1-3H3. The van der Waals surface area contributed by atoms with Crippen LogP contribution in [0.15, 0.2) is 53.4 Å². The van der Waals surface area contributed by atoms with Crippen molar-refractivity contribution in [2.75, 3.05) is 12.8 Å². The molecule has 0 amide bonds. The van der Waals surface area contributed by atoms with Crippen LogP contribution in [-0.4, -0.2) is 18.8 Å². The van der Waals surface area contributed by atoms with Gasteiger partial charge in [-0.25, -0.2) is 0 Å². The molecule has 0 aliphatic carbocycles. The maximum Gasteiger partial charge on any atom is 0.0199 e. The van der Waals surface area contributed by atoms with Crippen molar-refractivity contribution >= 4 is 11.8 Å². The first kappa shape index (κ1) is 15.1. The average molecular weight is 285 g/mol. The highest BCUT2D eigenvalue weighted by atomic mass is 32.2. The smallest absolute Gasteiger partial charge is 0.0199 e. The van der Waals surface area contributed by atoms with E-state index in [0.29, 0.717) is 6.04 Å². The Kier molecular flexibility index (Phi) is 5.69. The summed E-state index contributed by atoms with van der Waals surface area (Å²) in [4.78, 5) is 1.34. The van der Waals surface area contributed by atoms with Gasteiger partial charge in [-0.05, 0) is 50.6 Å². The van der Waals surface area contributed by atoms with E-state index in [4.69, 9.17) is 0 Å². The second-order valence-corrected chi connectivity index (χ2v) is 6.34. The fourth-order valence-electron chi connectivity index (χ4n) is 2.24. The highest BCUT2D eigenvalue weighted by molar-refractivity contribution is 7.99. The van der Waals surface area contributed by atoms with E-state index < -0.39 is 0 Å². The number of thioether (sulfide) groups is 1. The maximum absolute atomic E-state index is 3.45. The number of rotatable bonds is 6. The molecule has 0 saturated carbocycles. The van der Waals surface area contributed by atoms with Gasteiger partial charge in [0, 0.05) is 16.7 Å². The Hall–Kier alpha value is -1.25. The van der Waals surface area contributed by atoms with Gasteiger partial charge in [-0.3, -0.25) is 0 Å². The first-order chi connectivity index (χ1) is 9.69. The summed E-state index contributed by atoms with van der Waals surface area (Å²) in [5.74, 6) is 1.09. The van der Waals surface area contributed by atoms with Crippen molar-refractivity contribution in [2.45, 2.75) is 31.2 Å². The van der Waals surface area contributed by atoms with Gasteiger partial charge in [0.15, 0.2) is 0 Å². The summed E-state index contributed by atoms with van der Waals surface area (Å²) in [5.41, 5.74) is 4.19. The molecule has 0 aliphatic rings. The van der Waals surface area contributed by atoms with Crippen LogP contribution in [0.3, 0.4) is 0 Å². The number of benzene rings is 2. The third kappa shape index (κ3) is 4.39. The lowest BCUT2D eigenvalue weighted by Crippen LogP contribution is -2.30. The van der Waals surface area contributed by atoms with Gasteiger partial charge in [-0.15, -0.1) is 11.8 Å². The van der Waals surface area contributed by atoms with Gasteiger partial charge in [0.2, 0.25) is 0 Å². The molecule has 2 aromatic rings. The van der Waals surface area contributed by atoms with Crippen LogP contribution in [0.2, 0.25) is 0 Å². The first-order valence-electron chi connectivity index (χ1n) is 7.10. The van der Waals surface area contributed by atoms with Gasteiger partial charge < -0.3 is 5.32 Å². The zero-order chi connectivity index (χ0) is 14.4. The second kappa shape index (κ2) is 7.51. The number of hydrogen-bond acceptors (Lipinski definition) is 2. The molecular formula is C18H23NS. The van der Waals surface area contributed by atoms with Crippen LogP contribution in [0.25, 0.3) is 0 Å². The molecule has 1 unspecified atom stereocenters. The van der Waals surface area contributed by atoms with E-state index in [9.17, 15) is 0 Å². The van der Waals surface area contributed by atoms with Crippen LogP contribution in [0.4, 0.5) is 0 Å². The monoisotopic (exact) mass is 285 g/mol. The van der Waals surface area contributed by atoms with Crippen LogP contribution >= 0.6 is 11.8 Å². The van der Waals surface area contributed by atoms with Crippen LogP contribution in [0.1, 0.15) is 16.7 Å². The van der Waals surface area contributed by atoms with Crippen molar-refractivity contribution in [3.63, 3.8) is 0 Å². The van der Waals surface area contributed by atoms with Crippen LogP contribution in [-0.2, 0) is 6.42 Å². The third-order valence-corrected chi connectivity index (χ3v) is 4.75. The lowest BCUT2D eigenvalue weighted by Gasteiger charge is -2.17. The molecule has 0 bridgehead atoms. The summed E-state index contributed by atoms with van der Waals surface area (Å²) in [6.07, 6.45) is 1.09. The van der Waals surface area contributed by atoms with Gasteiger partial charge >= 0.3 is 0 Å². The van der Waals surface area contributed by atoms with Gasteiger partial charge in [-0.2, -0.15) is 0 Å². The van der Waals surface area contributed by atoms with Crippen molar-refractivity contribution in [3.05, 3.63) is 65.2 Å². The lowest BCUT2D eigenvalue weighted by molar-refractivity contribution is 0.615. The molecule has 20 heavy (non-hydrogen) atoms. The molecule has 0 spiro atoms. The molecule has 1 atom stereocenters. The van der Waals surface area contributed by atoms with E-state index >= 15 is 0 Å². The Labute approximate surface area is 126 Å². The number of aryl methyl sites for hydroxylation is 2. The molecular weight excluding hydrogens is 262 g/mol. The van der Waals surface area contributed by atoms with Crippen molar-refractivity contribution in [2.24, 2.45) is 0 Å². The Bertz CT molecular complexity index is 536. The second-order valence-electron chi connectivity index (χ2n) is 5.24. The Balaban J connectivity index is 1.97. The Morgan fingerprint density at radius 1 is 1.05 bits per heavy atom. The van der Waals surface area contributed by atoms with Crippen molar-refractivity contribution in [1.82, 2.24) is 5.32 Å². The Morgan fingerprint density at radius 3 is 2.50 bits per heavy atom. The van der Waals surface area contributed by atoms with E-state index in [1.807, 2.05) is 11.8 Å². The summed E-state index contributed by atoms with van der Waals surface area (Å²) in [7, 11) is 2.06. The molecule has 0 saturated heterocycles. The van der Waals surface area contributed by atoms with Crippen LogP contribution in [0.5, 0.6) is 0 Å². The Morgan fingerprint density at radius 2 is 1.80 bits per heavy atom. The average Bonchev–Trinajstić information content (AvgIpc) is 2.48. The SMILES string of the molecule is CNC(CSc1ccccc1)Cc1cc(C)ccc1C. The minimum atomic E-state index is 0.501. The van der Waals surface area contributed by atoms with Crippen LogP contribution in [0, 0.1) is 13.8 Å². The lowest BCUT2D eigenvalue weighted by atomic mass is 10.00. The molecule has 106 valence electrons. The highest BCUT2D eigenvalue weighted by Gasteiger charge is 2.10. The molecule has 2 aromatic carbocycles. The minimum Gasteiger partial charge on any atom is -0.316 e. The molecule has 0 radical (unpaired) electrons. The molecule has 2 rings (SSSR count). The first-order valence-corrected chi connectivity index (χ1v) is 8.09. The van der Waals surface area contributed by atoms with Gasteiger partial charge in [-0.1, -0.05) is 42.0 Å². The van der Waals surface area contributed by atoms with Crippen molar-refractivity contribution in [3.8, 4) is 0 Å². The largest absolute Gasteiger partial charge is 0.316 e. The van der Waals surface area contributed by atoms with Crippen LogP contribution < -0.4 is 5.32 Å². The number of hydrogen-bond donors (Lipinski definition) is 1. The van der Waals surface area contributed by atoms with Gasteiger partial charge in [0.25, 0.3) is 0 Å². The topological polar surface area (TPSA) is 12.0 Å². The summed E-state index contributed by atoms with van der Waals surface area (Å²) in [6.45, 7) is 4.36. The van der Waals surface area contributed by atoms with E-state index in [0.717, 1.165) is 12.2 Å². The molecule has 1 N–H and O–H groups in total. The van der Waals surface area contributed by atoms with Gasteiger partial charge in [0.1, 0.15) is 0 Å². The van der Waals surface area contributed by atoms with Crippen molar-refractivity contribution in [1.29, 1.82) is 0 Å². The molecule has 0 aliphatic heterocycles. The molecule has 1 nitrogen and oxygen atoms in total. The van der Waals surface area contributed by atoms with Gasteiger partial charge in [0.05, 0.1) is 0 Å². The third-order valence-electron chi connectivity index (χ3n) is 3.57. The minimum absolute atomic E-state index is 0.501. The highest BCUT2D eigenvalue weighted by Crippen LogP contribution is 2.20. The number of nitrogens with one attached hydrogen (secondary N) is 1. The zero-order valence-electron chi connectivity index (χ0n) is 12.5. The predicted molar refractivity (Wildman–Crippen MR) is 89.6 cm³/mol. The van der Waals surface area contributed by atoms with E-state index in [1.54, 1.807) is 0 Å². The summed E-state index contributed by atoms with van der Waals surface area (Å²) in [5, 5.41) is 3.45. The fraction of sp³-hybridized carbons (Fsp3) is 0.333. The maximum atomic E-state index is 3.45. The summed E-state index contributed by atoms with van der Waals surface area (Å²) < 4.78 is 0. The number of likely N-dealkylation sites (N-methyl/N-ethyl adjacent to an activating group) is 1. The normalized spacial score (nSPS) is 12.3. The zero-order valence-corrected chi connectivity index (χ0v) is 13.3. The van der Waals surface area contributed by atoms with Crippen molar-refractivity contribution < 1.29 is 0 Å². The summed E-state index contributed by atoms with van der Waals surface area (Å²) >= 11 is 1.92. The molecule has 0 heterocycles. The van der Waals surface area contributed by atoms with E-state index in [2.05, 4.69) is 74.7 Å². The molecule has 2 heteroatoms. The predicted octanol–water partition coefficient (Wildman–Crippen LogP) is 4.23. The molecule has 0 aromatic heterocycles. The summed E-state index contributed by atoms with van der Waals surface area (Å²) in [6, 6.07) is 17.8. The fourth-order valence-corrected chi connectivity index (χ4v) is 3.27. The van der Waals surface area contributed by atoms with E-state index in [-0.39, 0.29) is 0 Å². The quantitative estimate of drug-likeness (QED) is 0.797.